The molecule has 4 nitrogen and oxygen atoms in total. The summed E-state index contributed by atoms with van der Waals surface area (Å²) in [5, 5.41) is 4.32. The van der Waals surface area contributed by atoms with E-state index in [1.54, 1.807) is 6.08 Å². The van der Waals surface area contributed by atoms with Gasteiger partial charge >= 0.3 is 0 Å². The zero-order valence-corrected chi connectivity index (χ0v) is 14.0. The molecule has 1 fully saturated rings. The van der Waals surface area contributed by atoms with Gasteiger partial charge in [0.05, 0.1) is 16.5 Å². The molecule has 7 heteroatoms. The standard InChI is InChI=1S/C15H14ClNO3S2/c16-15-11-3-1-2-4-12(11)21-13(15)5-6-14(18)17-10-7-8-22(19,20)9-10/h1-6,10H,7-9H2,(H,17,18)/b6-5+. The van der Waals surface area contributed by atoms with Gasteiger partial charge in [-0.1, -0.05) is 29.8 Å². The number of hydrogen-bond acceptors (Lipinski definition) is 4. The maximum absolute atomic E-state index is 11.9. The van der Waals surface area contributed by atoms with Gasteiger partial charge in [0, 0.05) is 27.1 Å². The fourth-order valence-corrected chi connectivity index (χ4v) is 5.52. The minimum absolute atomic E-state index is 0.0240. The van der Waals surface area contributed by atoms with Crippen LogP contribution < -0.4 is 5.32 Å². The van der Waals surface area contributed by atoms with Gasteiger partial charge < -0.3 is 5.32 Å². The second-order valence-electron chi connectivity index (χ2n) is 5.22. The van der Waals surface area contributed by atoms with Crippen LogP contribution in [0.3, 0.4) is 0 Å². The Balaban J connectivity index is 1.70. The number of rotatable bonds is 3. The number of thiophene rings is 1. The molecular formula is C15H14ClNO3S2. The highest BCUT2D eigenvalue weighted by Gasteiger charge is 2.28. The fraction of sp³-hybridized carbons (Fsp3) is 0.267. The van der Waals surface area contributed by atoms with E-state index in [2.05, 4.69) is 5.32 Å². The van der Waals surface area contributed by atoms with Crippen LogP contribution in [-0.2, 0) is 14.6 Å². The SMILES string of the molecule is O=C(/C=C/c1sc2ccccc2c1Cl)NC1CCS(=O)(=O)C1. The van der Waals surface area contributed by atoms with E-state index in [0.29, 0.717) is 11.4 Å². The van der Waals surface area contributed by atoms with Crippen molar-refractivity contribution >= 4 is 54.8 Å². The summed E-state index contributed by atoms with van der Waals surface area (Å²) in [6.45, 7) is 0. The number of halogens is 1. The molecule has 0 spiro atoms. The van der Waals surface area contributed by atoms with E-state index in [4.69, 9.17) is 11.6 Å². The van der Waals surface area contributed by atoms with Crippen LogP contribution in [0.2, 0.25) is 5.02 Å². The molecule has 1 aromatic heterocycles. The number of fused-ring (bicyclic) bond motifs is 1. The van der Waals surface area contributed by atoms with Crippen LogP contribution in [0.15, 0.2) is 30.3 Å². The maximum Gasteiger partial charge on any atom is 0.244 e. The summed E-state index contributed by atoms with van der Waals surface area (Å²) in [6, 6.07) is 7.49. The van der Waals surface area contributed by atoms with Crippen LogP contribution in [0.25, 0.3) is 16.2 Å². The van der Waals surface area contributed by atoms with Gasteiger partial charge in [-0.15, -0.1) is 11.3 Å². The number of carbonyl (C=O) groups excluding carboxylic acids is 1. The Labute approximate surface area is 137 Å². The molecule has 1 N–H and O–H groups in total. The summed E-state index contributed by atoms with van der Waals surface area (Å²) in [5.41, 5.74) is 0. The van der Waals surface area contributed by atoms with E-state index in [0.717, 1.165) is 15.0 Å². The summed E-state index contributed by atoms with van der Waals surface area (Å²) in [7, 11) is -2.99. The summed E-state index contributed by atoms with van der Waals surface area (Å²) < 4.78 is 23.8. The van der Waals surface area contributed by atoms with Gasteiger partial charge in [-0.25, -0.2) is 8.42 Å². The van der Waals surface area contributed by atoms with Crippen molar-refractivity contribution < 1.29 is 13.2 Å². The van der Waals surface area contributed by atoms with Crippen LogP contribution in [0.5, 0.6) is 0 Å². The third-order valence-corrected chi connectivity index (χ3v) is 6.95. The Morgan fingerprint density at radius 1 is 1.36 bits per heavy atom. The minimum atomic E-state index is -2.99. The van der Waals surface area contributed by atoms with Crippen molar-refractivity contribution in [2.75, 3.05) is 11.5 Å². The normalized spacial score (nSPS) is 20.7. The molecule has 0 saturated carbocycles. The van der Waals surface area contributed by atoms with Gasteiger partial charge in [-0.05, 0) is 18.6 Å². The average Bonchev–Trinajstić information content (AvgIpc) is 2.97. The molecular weight excluding hydrogens is 342 g/mol. The first-order valence-corrected chi connectivity index (χ1v) is 9.82. The van der Waals surface area contributed by atoms with Crippen molar-refractivity contribution in [3.05, 3.63) is 40.2 Å². The first kappa shape index (κ1) is 15.5. The smallest absolute Gasteiger partial charge is 0.244 e. The van der Waals surface area contributed by atoms with Gasteiger partial charge in [0.1, 0.15) is 0 Å². The Morgan fingerprint density at radius 2 is 2.14 bits per heavy atom. The molecule has 116 valence electrons. The lowest BCUT2D eigenvalue weighted by molar-refractivity contribution is -0.116. The van der Waals surface area contributed by atoms with Crippen molar-refractivity contribution in [1.29, 1.82) is 0 Å². The van der Waals surface area contributed by atoms with Crippen LogP contribution in [0.4, 0.5) is 0 Å². The molecule has 0 bridgehead atoms. The Hall–Kier alpha value is -1.37. The topological polar surface area (TPSA) is 63.2 Å². The van der Waals surface area contributed by atoms with Crippen LogP contribution in [-0.4, -0.2) is 31.9 Å². The third-order valence-electron chi connectivity index (χ3n) is 3.52. The predicted octanol–water partition coefficient (Wildman–Crippen LogP) is 2.87. The average molecular weight is 356 g/mol. The van der Waals surface area contributed by atoms with Gasteiger partial charge in [0.25, 0.3) is 0 Å². The van der Waals surface area contributed by atoms with E-state index in [1.807, 2.05) is 24.3 Å². The summed E-state index contributed by atoms with van der Waals surface area (Å²) in [4.78, 5) is 12.7. The van der Waals surface area contributed by atoms with Gasteiger partial charge in [0.2, 0.25) is 5.91 Å². The lowest BCUT2D eigenvalue weighted by Crippen LogP contribution is -2.34. The highest BCUT2D eigenvalue weighted by molar-refractivity contribution is 7.91. The molecule has 2 heterocycles. The second kappa shape index (κ2) is 6.02. The van der Waals surface area contributed by atoms with E-state index in [1.165, 1.54) is 17.4 Å². The van der Waals surface area contributed by atoms with Crippen LogP contribution >= 0.6 is 22.9 Å². The van der Waals surface area contributed by atoms with E-state index < -0.39 is 9.84 Å². The van der Waals surface area contributed by atoms with Crippen molar-refractivity contribution in [2.45, 2.75) is 12.5 Å². The summed E-state index contributed by atoms with van der Waals surface area (Å²) >= 11 is 7.81. The van der Waals surface area contributed by atoms with Gasteiger partial charge in [-0.2, -0.15) is 0 Å². The third kappa shape index (κ3) is 3.34. The quantitative estimate of drug-likeness (QED) is 0.861. The minimum Gasteiger partial charge on any atom is -0.349 e. The lowest BCUT2D eigenvalue weighted by atomic mass is 10.2. The van der Waals surface area contributed by atoms with Crippen molar-refractivity contribution in [3.63, 3.8) is 0 Å². The van der Waals surface area contributed by atoms with E-state index in [-0.39, 0.29) is 23.5 Å². The van der Waals surface area contributed by atoms with Crippen molar-refractivity contribution in [1.82, 2.24) is 5.32 Å². The second-order valence-corrected chi connectivity index (χ2v) is 8.91. The largest absolute Gasteiger partial charge is 0.349 e. The lowest BCUT2D eigenvalue weighted by Gasteiger charge is -2.07. The monoisotopic (exact) mass is 355 g/mol. The molecule has 1 aliphatic heterocycles. The Kier molecular flexibility index (Phi) is 4.25. The van der Waals surface area contributed by atoms with Gasteiger partial charge in [-0.3, -0.25) is 4.79 Å². The molecule has 0 radical (unpaired) electrons. The molecule has 22 heavy (non-hydrogen) atoms. The van der Waals surface area contributed by atoms with E-state index in [9.17, 15) is 13.2 Å². The molecule has 2 aromatic rings. The molecule has 1 unspecified atom stereocenters. The maximum atomic E-state index is 11.9. The molecule has 1 amide bonds. The molecule has 1 atom stereocenters. The fourth-order valence-electron chi connectivity index (χ4n) is 2.45. The molecule has 3 rings (SSSR count). The molecule has 1 saturated heterocycles. The first-order valence-electron chi connectivity index (χ1n) is 6.81. The highest BCUT2D eigenvalue weighted by atomic mass is 35.5. The Bertz CT molecular complexity index is 855. The molecule has 1 aliphatic rings. The number of carbonyl (C=O) groups is 1. The number of hydrogen-bond donors (Lipinski definition) is 1. The van der Waals surface area contributed by atoms with Crippen molar-refractivity contribution in [3.8, 4) is 0 Å². The highest BCUT2D eigenvalue weighted by Crippen LogP contribution is 2.35. The zero-order valence-electron chi connectivity index (χ0n) is 11.6. The first-order chi connectivity index (χ1) is 10.4. The zero-order chi connectivity index (χ0) is 15.7. The van der Waals surface area contributed by atoms with E-state index >= 15 is 0 Å². The molecule has 0 aliphatic carbocycles. The predicted molar refractivity (Wildman–Crippen MR) is 91.1 cm³/mol. The number of amides is 1. The number of sulfone groups is 1. The van der Waals surface area contributed by atoms with Gasteiger partial charge in [0.15, 0.2) is 9.84 Å². The number of nitrogens with one attached hydrogen (secondary N) is 1. The Morgan fingerprint density at radius 3 is 2.82 bits per heavy atom. The summed E-state index contributed by atoms with van der Waals surface area (Å²) in [5.74, 6) is -0.129. The summed E-state index contributed by atoms with van der Waals surface area (Å²) in [6.07, 6.45) is 3.55. The van der Waals surface area contributed by atoms with Crippen LogP contribution in [0, 0.1) is 0 Å². The number of benzene rings is 1. The van der Waals surface area contributed by atoms with Crippen molar-refractivity contribution in [2.24, 2.45) is 0 Å². The molecule has 1 aromatic carbocycles. The van der Waals surface area contributed by atoms with Crippen LogP contribution in [0.1, 0.15) is 11.3 Å².